The molecule has 0 atom stereocenters. The van der Waals surface area contributed by atoms with E-state index in [4.69, 9.17) is 0 Å². The van der Waals surface area contributed by atoms with Crippen molar-refractivity contribution in [2.45, 2.75) is 6.42 Å². The Morgan fingerprint density at radius 3 is 2.38 bits per heavy atom. The molecule has 1 heterocycles. The van der Waals surface area contributed by atoms with E-state index in [0.29, 0.717) is 0 Å². The van der Waals surface area contributed by atoms with Crippen LogP contribution in [0.2, 0.25) is 0 Å². The molecule has 0 saturated heterocycles. The summed E-state index contributed by atoms with van der Waals surface area (Å²) in [6.45, 7) is 0. The minimum Gasteiger partial charge on any atom is -1.00 e. The Morgan fingerprint density at radius 1 is 0.952 bits per heavy atom. The zero-order valence-electron chi connectivity index (χ0n) is 11.1. The van der Waals surface area contributed by atoms with Gasteiger partial charge in [0.2, 0.25) is 0 Å². The third kappa shape index (κ3) is 4.72. The number of nitrogens with one attached hydrogen (secondary N) is 1. The maximum Gasteiger partial charge on any atom is 4.00 e. The van der Waals surface area contributed by atoms with E-state index < -0.39 is 0 Å². The number of aromatic nitrogens is 2. The summed E-state index contributed by atoms with van der Waals surface area (Å²) < 4.78 is 0. The molecule has 0 amide bonds. The predicted molar refractivity (Wildman–Crippen MR) is 70.9 cm³/mol. The molecule has 3 aromatic rings. The van der Waals surface area contributed by atoms with Crippen LogP contribution in [0.15, 0.2) is 54.7 Å². The van der Waals surface area contributed by atoms with Crippen molar-refractivity contribution in [3.8, 4) is 11.1 Å². The smallest absolute Gasteiger partial charge is 1.00 e. The van der Waals surface area contributed by atoms with Crippen LogP contribution in [-0.2, 0) is 28.1 Å². The van der Waals surface area contributed by atoms with Gasteiger partial charge in [-0.1, -0.05) is 35.4 Å². The monoisotopic (exact) mass is 350 g/mol. The summed E-state index contributed by atoms with van der Waals surface area (Å²) >= 11 is 0. The van der Waals surface area contributed by atoms with E-state index in [1.807, 2.05) is 6.07 Å². The number of aromatic amines is 1. The molecule has 1 aliphatic carbocycles. The fraction of sp³-hybridized carbons (Fsp3) is 0.0625. The number of rotatable bonds is 0. The van der Waals surface area contributed by atoms with E-state index in [2.05, 4.69) is 58.9 Å². The second-order valence-corrected chi connectivity index (χ2v) is 4.10. The van der Waals surface area contributed by atoms with Gasteiger partial charge in [0.1, 0.15) is 0 Å². The first kappa shape index (κ1) is 19.9. The fourth-order valence-corrected chi connectivity index (χ4v) is 2.18. The number of nitrogens with zero attached hydrogens (tertiary/aromatic N) is 1. The van der Waals surface area contributed by atoms with Gasteiger partial charge in [-0.2, -0.15) is 35.9 Å². The van der Waals surface area contributed by atoms with Crippen molar-refractivity contribution in [2.75, 3.05) is 0 Å². The van der Waals surface area contributed by atoms with Gasteiger partial charge < -0.3 is 35.0 Å². The average Bonchev–Trinajstić information content (AvgIpc) is 3.10. The molecular formula is C16H12Cl2N2Ti. The maximum atomic E-state index is 3.47. The van der Waals surface area contributed by atoms with Crippen LogP contribution in [0.4, 0.5) is 0 Å². The van der Waals surface area contributed by atoms with Crippen LogP contribution in [0, 0.1) is 12.3 Å². The SMILES string of the molecule is [Cl-].[Cl-].[Ti+4].[c-]1cc[nH]n1.[c-]1cccc2c1Cc1ccccc1-2. The Labute approximate surface area is 152 Å². The van der Waals surface area contributed by atoms with Gasteiger partial charge in [-0.15, -0.1) is 18.0 Å². The second kappa shape index (κ2) is 9.80. The molecule has 0 unspecified atom stereocenters. The van der Waals surface area contributed by atoms with Crippen LogP contribution in [0.5, 0.6) is 0 Å². The van der Waals surface area contributed by atoms with E-state index in [1.54, 1.807) is 12.3 Å². The zero-order valence-corrected chi connectivity index (χ0v) is 14.2. The molecule has 2 aromatic carbocycles. The molecule has 0 fully saturated rings. The van der Waals surface area contributed by atoms with Gasteiger partial charge in [-0.05, 0) is 6.42 Å². The minimum absolute atomic E-state index is 0. The number of H-pyrrole nitrogens is 1. The number of hydrogen-bond acceptors (Lipinski definition) is 1. The Hall–Kier alpha value is -1.06. The number of benzene rings is 2. The van der Waals surface area contributed by atoms with Crippen LogP contribution in [0.25, 0.3) is 11.1 Å². The third-order valence-electron chi connectivity index (χ3n) is 2.98. The zero-order chi connectivity index (χ0) is 12.2. The van der Waals surface area contributed by atoms with Gasteiger partial charge in [-0.25, -0.2) is 0 Å². The summed E-state index contributed by atoms with van der Waals surface area (Å²) in [5.41, 5.74) is 5.51. The molecule has 2 nitrogen and oxygen atoms in total. The normalized spacial score (nSPS) is 9.52. The standard InChI is InChI=1S/C13H9.C3H3N2.2ClH.Ti/c1-3-7-12-10(5-1)9-11-6-2-4-8-13(11)12;1-2-4-5-3-1;;;/h1-5,7-8H,9H2;1-2H,(H,4,5);2*1H;/q2*-1;;;+4/p-2. The number of fused-ring (bicyclic) bond motifs is 3. The van der Waals surface area contributed by atoms with Gasteiger partial charge in [0.25, 0.3) is 0 Å². The Bertz CT molecular complexity index is 582. The van der Waals surface area contributed by atoms with Crippen LogP contribution < -0.4 is 24.8 Å². The molecule has 0 saturated carbocycles. The molecule has 0 bridgehead atoms. The van der Waals surface area contributed by atoms with Crippen LogP contribution in [-0.4, -0.2) is 10.2 Å². The van der Waals surface area contributed by atoms with Crippen molar-refractivity contribution >= 4 is 0 Å². The Kier molecular flexibility index (Phi) is 9.31. The summed E-state index contributed by atoms with van der Waals surface area (Å²) in [5.74, 6) is 0. The van der Waals surface area contributed by atoms with Crippen LogP contribution in [0.1, 0.15) is 11.1 Å². The van der Waals surface area contributed by atoms with Crippen molar-refractivity contribution in [3.63, 3.8) is 0 Å². The summed E-state index contributed by atoms with van der Waals surface area (Å²) in [4.78, 5) is 0. The van der Waals surface area contributed by atoms with E-state index in [1.165, 1.54) is 22.3 Å². The average molecular weight is 351 g/mol. The molecule has 4 rings (SSSR count). The first-order chi connectivity index (χ1) is 8.95. The van der Waals surface area contributed by atoms with E-state index in [-0.39, 0.29) is 46.5 Å². The number of halogens is 2. The molecule has 1 aliphatic rings. The predicted octanol–water partition coefficient (Wildman–Crippen LogP) is -2.73. The number of hydrogen-bond donors (Lipinski definition) is 1. The molecule has 1 N–H and O–H groups in total. The summed E-state index contributed by atoms with van der Waals surface area (Å²) in [7, 11) is 0. The summed E-state index contributed by atoms with van der Waals surface area (Å²) in [5, 5.41) is 6.03. The molecule has 5 heteroatoms. The van der Waals surface area contributed by atoms with E-state index in [9.17, 15) is 0 Å². The van der Waals surface area contributed by atoms with Crippen molar-refractivity contribution < 1.29 is 46.5 Å². The van der Waals surface area contributed by atoms with Crippen LogP contribution >= 0.6 is 0 Å². The van der Waals surface area contributed by atoms with Gasteiger partial charge in [0, 0.05) is 0 Å². The summed E-state index contributed by atoms with van der Waals surface area (Å²) in [6.07, 6.45) is 5.31. The molecule has 104 valence electrons. The molecule has 0 radical (unpaired) electrons. The van der Waals surface area contributed by atoms with Crippen molar-refractivity contribution in [1.82, 2.24) is 10.2 Å². The Morgan fingerprint density at radius 2 is 1.71 bits per heavy atom. The van der Waals surface area contributed by atoms with Gasteiger partial charge >= 0.3 is 21.7 Å². The van der Waals surface area contributed by atoms with E-state index in [0.717, 1.165) is 6.42 Å². The third-order valence-corrected chi connectivity index (χ3v) is 2.98. The molecular weight excluding hydrogens is 339 g/mol. The Balaban J connectivity index is 0.000000437. The largest absolute Gasteiger partial charge is 4.00 e. The van der Waals surface area contributed by atoms with Crippen molar-refractivity contribution in [2.24, 2.45) is 0 Å². The summed E-state index contributed by atoms with van der Waals surface area (Å²) in [6, 6.07) is 19.8. The maximum absolute atomic E-state index is 3.47. The molecule has 21 heavy (non-hydrogen) atoms. The first-order valence-corrected chi connectivity index (χ1v) is 5.89. The fourth-order valence-electron chi connectivity index (χ4n) is 2.18. The van der Waals surface area contributed by atoms with Gasteiger partial charge in [-0.3, -0.25) is 0 Å². The minimum atomic E-state index is 0. The quantitative estimate of drug-likeness (QED) is 0.271. The van der Waals surface area contributed by atoms with Gasteiger partial charge in [0.05, 0.1) is 0 Å². The second-order valence-electron chi connectivity index (χ2n) is 4.10. The van der Waals surface area contributed by atoms with Crippen molar-refractivity contribution in [1.29, 1.82) is 0 Å². The van der Waals surface area contributed by atoms with E-state index >= 15 is 0 Å². The molecule has 0 aliphatic heterocycles. The molecule has 0 spiro atoms. The molecule has 1 aromatic heterocycles. The van der Waals surface area contributed by atoms with Crippen LogP contribution in [0.3, 0.4) is 0 Å². The van der Waals surface area contributed by atoms with Gasteiger partial charge in [0.15, 0.2) is 0 Å². The van der Waals surface area contributed by atoms with Crippen molar-refractivity contribution in [3.05, 3.63) is 78.1 Å². The first-order valence-electron chi connectivity index (χ1n) is 5.89. The topological polar surface area (TPSA) is 28.7 Å².